The predicted molar refractivity (Wildman–Crippen MR) is 66.5 cm³/mol. The molecule has 0 aliphatic carbocycles. The number of imide groups is 1. The molecular formula is C12H12N4O3. The number of benzene rings is 1. The van der Waals surface area contributed by atoms with Crippen LogP contribution in [0.4, 0.5) is 4.79 Å². The van der Waals surface area contributed by atoms with Crippen LogP contribution in [0.5, 0.6) is 0 Å². The lowest BCUT2D eigenvalue weighted by Crippen LogP contribution is -2.63. The molecule has 1 aromatic carbocycles. The maximum Gasteiger partial charge on any atom is 0.338 e. The molecule has 1 aliphatic heterocycles. The molecule has 1 unspecified atom stereocenters. The number of urea groups is 1. The van der Waals surface area contributed by atoms with Crippen LogP contribution in [0.25, 0.3) is 10.9 Å². The number of H-pyrrole nitrogens is 1. The van der Waals surface area contributed by atoms with Gasteiger partial charge in [0, 0.05) is 17.1 Å². The van der Waals surface area contributed by atoms with Gasteiger partial charge in [-0.05, 0) is 17.7 Å². The van der Waals surface area contributed by atoms with Gasteiger partial charge >= 0.3 is 6.03 Å². The van der Waals surface area contributed by atoms with Gasteiger partial charge in [0.1, 0.15) is 0 Å². The molecule has 0 saturated carbocycles. The summed E-state index contributed by atoms with van der Waals surface area (Å²) in [5, 5.41) is 13.6. The fourth-order valence-corrected chi connectivity index (χ4v) is 2.08. The highest BCUT2D eigenvalue weighted by Crippen LogP contribution is 2.19. The number of hydrogen-bond acceptors (Lipinski definition) is 4. The van der Waals surface area contributed by atoms with Gasteiger partial charge < -0.3 is 10.1 Å². The number of fused-ring (bicyclic) bond motifs is 1. The molecule has 1 fully saturated rings. The van der Waals surface area contributed by atoms with Crippen molar-refractivity contribution < 1.29 is 14.7 Å². The third-order valence-electron chi connectivity index (χ3n) is 3.02. The van der Waals surface area contributed by atoms with Gasteiger partial charge in [0.15, 0.2) is 0 Å². The lowest BCUT2D eigenvalue weighted by atomic mass is 10.1. The van der Waals surface area contributed by atoms with Crippen molar-refractivity contribution in [3.8, 4) is 0 Å². The van der Waals surface area contributed by atoms with Crippen LogP contribution in [-0.4, -0.2) is 33.3 Å². The summed E-state index contributed by atoms with van der Waals surface area (Å²) < 4.78 is 0. The zero-order valence-corrected chi connectivity index (χ0v) is 9.88. The molecule has 3 rings (SSSR count). The highest BCUT2D eigenvalue weighted by atomic mass is 16.3. The van der Waals surface area contributed by atoms with E-state index in [0.29, 0.717) is 0 Å². The molecule has 1 atom stereocenters. The first-order valence-electron chi connectivity index (χ1n) is 5.77. The van der Waals surface area contributed by atoms with Crippen molar-refractivity contribution in [2.45, 2.75) is 12.8 Å². The van der Waals surface area contributed by atoms with Gasteiger partial charge in [-0.25, -0.2) is 4.79 Å². The van der Waals surface area contributed by atoms with Crippen LogP contribution in [0.3, 0.4) is 0 Å². The number of aromatic amines is 1. The van der Waals surface area contributed by atoms with Crippen molar-refractivity contribution in [1.82, 2.24) is 20.7 Å². The number of nitrogens with zero attached hydrogens (tertiary/aromatic N) is 1. The maximum atomic E-state index is 11.6. The largest absolute Gasteiger partial charge is 0.369 e. The fraction of sp³-hybridized carbons (Fsp3) is 0.167. The second-order valence-corrected chi connectivity index (χ2v) is 4.27. The third kappa shape index (κ3) is 2.05. The average Bonchev–Trinajstić information content (AvgIpc) is 2.85. The second kappa shape index (κ2) is 4.38. The van der Waals surface area contributed by atoms with E-state index in [0.717, 1.165) is 16.5 Å². The molecule has 4 N–H and O–H groups in total. The molecule has 98 valence electrons. The molecule has 0 spiro atoms. The first kappa shape index (κ1) is 11.7. The zero-order chi connectivity index (χ0) is 13.4. The van der Waals surface area contributed by atoms with Gasteiger partial charge in [-0.1, -0.05) is 12.1 Å². The molecule has 1 aromatic heterocycles. The minimum Gasteiger partial charge on any atom is -0.369 e. The van der Waals surface area contributed by atoms with E-state index in [-0.39, 0.29) is 6.54 Å². The van der Waals surface area contributed by atoms with Crippen molar-refractivity contribution in [2.75, 3.05) is 0 Å². The van der Waals surface area contributed by atoms with E-state index in [2.05, 4.69) is 15.7 Å². The van der Waals surface area contributed by atoms with Gasteiger partial charge in [-0.2, -0.15) is 5.43 Å². The first-order chi connectivity index (χ1) is 9.15. The summed E-state index contributed by atoms with van der Waals surface area (Å²) in [5.74, 6) is -0.749. The van der Waals surface area contributed by atoms with E-state index >= 15 is 0 Å². The molecule has 7 nitrogen and oxygen atoms in total. The number of rotatable bonds is 2. The highest BCUT2D eigenvalue weighted by molar-refractivity contribution is 5.98. The molecule has 1 aliphatic rings. The smallest absolute Gasteiger partial charge is 0.338 e. The Balaban J connectivity index is 1.87. The summed E-state index contributed by atoms with van der Waals surface area (Å²) in [6.45, 7) is 0.241. The second-order valence-electron chi connectivity index (χ2n) is 4.27. The lowest BCUT2D eigenvalue weighted by molar-refractivity contribution is -0.135. The standard InChI is InChI=1S/C12H12N4O3/c17-10-11(18)15-16(12(19)14-10)6-7-2-1-3-9-8(7)4-5-13-9/h1-5,11,13,15,18H,6H2,(H,14,17,19). The van der Waals surface area contributed by atoms with E-state index in [1.807, 2.05) is 30.5 Å². The topological polar surface area (TPSA) is 97.5 Å². The number of nitrogens with one attached hydrogen (secondary N) is 3. The van der Waals surface area contributed by atoms with E-state index in [4.69, 9.17) is 0 Å². The number of aromatic nitrogens is 1. The summed E-state index contributed by atoms with van der Waals surface area (Å²) in [5.41, 5.74) is 4.31. The average molecular weight is 260 g/mol. The predicted octanol–water partition coefficient (Wildman–Crippen LogP) is 0.0427. The monoisotopic (exact) mass is 260 g/mol. The summed E-state index contributed by atoms with van der Waals surface area (Å²) >= 11 is 0. The number of amides is 3. The number of aliphatic hydroxyl groups is 1. The Hall–Kier alpha value is -2.38. The fourth-order valence-electron chi connectivity index (χ4n) is 2.08. The first-order valence-corrected chi connectivity index (χ1v) is 5.77. The normalized spacial score (nSPS) is 19.8. The maximum absolute atomic E-state index is 11.6. The molecule has 0 radical (unpaired) electrons. The quantitative estimate of drug-likeness (QED) is 0.613. The molecule has 19 heavy (non-hydrogen) atoms. The van der Waals surface area contributed by atoms with Crippen molar-refractivity contribution in [1.29, 1.82) is 0 Å². The van der Waals surface area contributed by atoms with Gasteiger partial charge in [0.2, 0.25) is 6.23 Å². The Kier molecular flexibility index (Phi) is 2.69. The Morgan fingerprint density at radius 2 is 2.11 bits per heavy atom. The van der Waals surface area contributed by atoms with Crippen molar-refractivity contribution >= 4 is 22.8 Å². The highest BCUT2D eigenvalue weighted by Gasteiger charge is 2.30. The zero-order valence-electron chi connectivity index (χ0n) is 9.88. The molecule has 3 amide bonds. The Morgan fingerprint density at radius 1 is 1.26 bits per heavy atom. The SMILES string of the molecule is O=C1NC(=O)N(Cc2cccc3[nH]ccc23)NC1O. The van der Waals surface area contributed by atoms with Gasteiger partial charge in [-0.15, -0.1) is 0 Å². The number of hydrazine groups is 1. The molecule has 0 bridgehead atoms. The van der Waals surface area contributed by atoms with Crippen molar-refractivity contribution in [3.63, 3.8) is 0 Å². The van der Waals surface area contributed by atoms with Crippen LogP contribution in [-0.2, 0) is 11.3 Å². The van der Waals surface area contributed by atoms with Crippen LogP contribution >= 0.6 is 0 Å². The van der Waals surface area contributed by atoms with E-state index < -0.39 is 18.2 Å². The van der Waals surface area contributed by atoms with Crippen LogP contribution in [0, 0.1) is 0 Å². The van der Waals surface area contributed by atoms with Crippen molar-refractivity contribution in [3.05, 3.63) is 36.0 Å². The van der Waals surface area contributed by atoms with Crippen LogP contribution in [0.1, 0.15) is 5.56 Å². The third-order valence-corrected chi connectivity index (χ3v) is 3.02. The summed E-state index contributed by atoms with van der Waals surface area (Å²) in [4.78, 5) is 25.8. The number of hydrogen-bond donors (Lipinski definition) is 4. The summed E-state index contributed by atoms with van der Waals surface area (Å²) in [6.07, 6.45) is 0.402. The minimum atomic E-state index is -1.41. The molecule has 1 saturated heterocycles. The minimum absolute atomic E-state index is 0.241. The van der Waals surface area contributed by atoms with Gasteiger partial charge in [-0.3, -0.25) is 15.1 Å². The van der Waals surface area contributed by atoms with E-state index in [1.54, 1.807) is 0 Å². The number of aliphatic hydroxyl groups excluding tert-OH is 1. The van der Waals surface area contributed by atoms with E-state index in [1.165, 1.54) is 5.01 Å². The van der Waals surface area contributed by atoms with Crippen molar-refractivity contribution in [2.24, 2.45) is 0 Å². The Labute approximate surface area is 108 Å². The Morgan fingerprint density at radius 3 is 2.95 bits per heavy atom. The van der Waals surface area contributed by atoms with Gasteiger partial charge in [0.25, 0.3) is 5.91 Å². The van der Waals surface area contributed by atoms with Crippen LogP contribution in [0.15, 0.2) is 30.5 Å². The molecule has 2 heterocycles. The van der Waals surface area contributed by atoms with Gasteiger partial charge in [0.05, 0.1) is 6.54 Å². The Bertz CT molecular complexity index is 651. The van der Waals surface area contributed by atoms with Crippen LogP contribution < -0.4 is 10.7 Å². The summed E-state index contributed by atoms with van der Waals surface area (Å²) in [7, 11) is 0. The van der Waals surface area contributed by atoms with Crippen LogP contribution in [0.2, 0.25) is 0 Å². The molecular weight excluding hydrogens is 248 g/mol. The number of carbonyl (C=O) groups excluding carboxylic acids is 2. The molecule has 2 aromatic rings. The van der Waals surface area contributed by atoms with E-state index in [9.17, 15) is 14.7 Å². The molecule has 7 heteroatoms. The number of carbonyl (C=O) groups is 2. The lowest BCUT2D eigenvalue weighted by Gasteiger charge is -2.30. The summed E-state index contributed by atoms with van der Waals surface area (Å²) in [6, 6.07) is 7.02.